The van der Waals surface area contributed by atoms with Gasteiger partial charge in [-0.05, 0) is 60.7 Å². The predicted octanol–water partition coefficient (Wildman–Crippen LogP) is 6.06. The van der Waals surface area contributed by atoms with E-state index in [0.29, 0.717) is 17.2 Å². The SMILES string of the molecule is O=C(O)c1ccccc1Oc1ccc(O)cc1.O=C(O)c1ccccc1Oc1ccccc1. The maximum absolute atomic E-state index is 10.9. The van der Waals surface area contributed by atoms with Crippen molar-refractivity contribution in [3.8, 4) is 28.7 Å². The molecule has 0 heterocycles. The van der Waals surface area contributed by atoms with Crippen molar-refractivity contribution >= 4 is 11.9 Å². The van der Waals surface area contributed by atoms with Crippen LogP contribution in [0.1, 0.15) is 20.7 Å². The minimum absolute atomic E-state index is 0.0978. The molecular weight excluding hydrogens is 424 g/mol. The molecule has 0 saturated carbocycles. The summed E-state index contributed by atoms with van der Waals surface area (Å²) in [5, 5.41) is 27.0. The Morgan fingerprint density at radius 1 is 0.515 bits per heavy atom. The minimum atomic E-state index is -1.04. The van der Waals surface area contributed by atoms with E-state index in [2.05, 4.69) is 0 Å². The monoisotopic (exact) mass is 444 g/mol. The van der Waals surface area contributed by atoms with Crippen molar-refractivity contribution < 1.29 is 34.4 Å². The van der Waals surface area contributed by atoms with Crippen LogP contribution >= 0.6 is 0 Å². The first-order valence-electron chi connectivity index (χ1n) is 9.78. The molecule has 0 amide bonds. The van der Waals surface area contributed by atoms with E-state index in [9.17, 15) is 9.59 Å². The number of benzene rings is 4. The lowest BCUT2D eigenvalue weighted by Crippen LogP contribution is -1.99. The fourth-order valence-electron chi connectivity index (χ4n) is 2.72. The van der Waals surface area contributed by atoms with E-state index in [4.69, 9.17) is 24.8 Å². The van der Waals surface area contributed by atoms with Gasteiger partial charge in [-0.2, -0.15) is 0 Å². The topological polar surface area (TPSA) is 113 Å². The summed E-state index contributed by atoms with van der Waals surface area (Å²) in [6.45, 7) is 0. The minimum Gasteiger partial charge on any atom is -0.508 e. The highest BCUT2D eigenvalue weighted by Crippen LogP contribution is 2.27. The van der Waals surface area contributed by atoms with Crippen molar-refractivity contribution in [2.75, 3.05) is 0 Å². The van der Waals surface area contributed by atoms with Gasteiger partial charge in [-0.15, -0.1) is 0 Å². The lowest BCUT2D eigenvalue weighted by molar-refractivity contribution is 0.0683. The number of ether oxygens (including phenoxy) is 2. The second-order valence-corrected chi connectivity index (χ2v) is 6.61. The summed E-state index contributed by atoms with van der Waals surface area (Å²) in [4.78, 5) is 21.9. The fourth-order valence-corrected chi connectivity index (χ4v) is 2.72. The van der Waals surface area contributed by atoms with Crippen LogP contribution in [0, 0.1) is 0 Å². The molecule has 0 saturated heterocycles. The third-order valence-electron chi connectivity index (χ3n) is 4.27. The highest BCUT2D eigenvalue weighted by Gasteiger charge is 2.11. The summed E-state index contributed by atoms with van der Waals surface area (Å²) in [5.74, 6) is -0.200. The van der Waals surface area contributed by atoms with Gasteiger partial charge in [-0.3, -0.25) is 0 Å². The van der Waals surface area contributed by atoms with Gasteiger partial charge in [0.25, 0.3) is 0 Å². The lowest BCUT2D eigenvalue weighted by atomic mass is 10.2. The Morgan fingerprint density at radius 2 is 0.909 bits per heavy atom. The van der Waals surface area contributed by atoms with Crippen LogP contribution in [0.5, 0.6) is 28.7 Å². The molecule has 33 heavy (non-hydrogen) atoms. The second-order valence-electron chi connectivity index (χ2n) is 6.61. The van der Waals surface area contributed by atoms with Crippen LogP contribution in [0.4, 0.5) is 0 Å². The molecule has 0 bridgehead atoms. The van der Waals surface area contributed by atoms with E-state index < -0.39 is 11.9 Å². The number of para-hydroxylation sites is 3. The van der Waals surface area contributed by atoms with Crippen molar-refractivity contribution in [1.82, 2.24) is 0 Å². The number of carboxylic acids is 2. The van der Waals surface area contributed by atoms with Crippen molar-refractivity contribution in [2.45, 2.75) is 0 Å². The van der Waals surface area contributed by atoms with Gasteiger partial charge in [0, 0.05) is 0 Å². The van der Waals surface area contributed by atoms with Crippen LogP contribution in [0.25, 0.3) is 0 Å². The van der Waals surface area contributed by atoms with Crippen LogP contribution in [0.3, 0.4) is 0 Å². The van der Waals surface area contributed by atoms with E-state index in [1.165, 1.54) is 24.3 Å². The highest BCUT2D eigenvalue weighted by molar-refractivity contribution is 5.91. The molecule has 0 fully saturated rings. The Kier molecular flexibility index (Phi) is 7.64. The molecule has 7 heteroatoms. The smallest absolute Gasteiger partial charge is 0.339 e. The number of carbonyl (C=O) groups is 2. The normalized spacial score (nSPS) is 9.82. The van der Waals surface area contributed by atoms with E-state index >= 15 is 0 Å². The number of phenolic OH excluding ortho intramolecular Hbond substituents is 1. The molecule has 4 aromatic rings. The van der Waals surface area contributed by atoms with Gasteiger partial charge in [0.2, 0.25) is 0 Å². The molecule has 0 spiro atoms. The number of hydrogen-bond acceptors (Lipinski definition) is 5. The zero-order valence-electron chi connectivity index (χ0n) is 17.3. The second kappa shape index (κ2) is 11.0. The molecule has 0 atom stereocenters. The van der Waals surface area contributed by atoms with Gasteiger partial charge < -0.3 is 24.8 Å². The first kappa shape index (κ1) is 22.9. The van der Waals surface area contributed by atoms with Crippen molar-refractivity contribution in [1.29, 1.82) is 0 Å². The molecule has 0 aliphatic carbocycles. The molecule has 4 aromatic carbocycles. The summed E-state index contributed by atoms with van der Waals surface area (Å²) in [7, 11) is 0. The number of aromatic hydroxyl groups is 1. The van der Waals surface area contributed by atoms with E-state index in [1.54, 1.807) is 60.7 Å². The van der Waals surface area contributed by atoms with Crippen LogP contribution < -0.4 is 9.47 Å². The largest absolute Gasteiger partial charge is 0.508 e. The Hall–Kier alpha value is -4.78. The van der Waals surface area contributed by atoms with Gasteiger partial charge >= 0.3 is 11.9 Å². The average molecular weight is 444 g/mol. The summed E-state index contributed by atoms with van der Waals surface area (Å²) in [6, 6.07) is 28.1. The van der Waals surface area contributed by atoms with Gasteiger partial charge in [0.05, 0.1) is 0 Å². The van der Waals surface area contributed by atoms with Crippen molar-refractivity contribution in [3.63, 3.8) is 0 Å². The van der Waals surface area contributed by atoms with Gasteiger partial charge in [0.15, 0.2) is 0 Å². The Labute approximate surface area is 189 Å². The highest BCUT2D eigenvalue weighted by atomic mass is 16.5. The third kappa shape index (κ3) is 6.60. The molecular formula is C26H20O7. The van der Waals surface area contributed by atoms with Gasteiger partial charge in [-0.1, -0.05) is 42.5 Å². The standard InChI is InChI=1S/C13H10O4.C13H10O3/c14-9-5-7-10(8-6-9)17-12-4-2-1-3-11(12)13(15)16;14-13(15)11-8-4-5-9-12(11)16-10-6-2-1-3-7-10/h1-8,14H,(H,15,16);1-9H,(H,14,15). The maximum Gasteiger partial charge on any atom is 0.339 e. The van der Waals surface area contributed by atoms with E-state index in [0.717, 1.165) is 0 Å². The molecule has 166 valence electrons. The average Bonchev–Trinajstić information content (AvgIpc) is 2.82. The summed E-state index contributed by atoms with van der Waals surface area (Å²) in [6.07, 6.45) is 0. The van der Waals surface area contributed by atoms with Crippen LogP contribution in [0.2, 0.25) is 0 Å². The number of carboxylic acid groups (broad SMARTS) is 2. The first-order valence-corrected chi connectivity index (χ1v) is 9.78. The predicted molar refractivity (Wildman–Crippen MR) is 121 cm³/mol. The first-order chi connectivity index (χ1) is 15.9. The maximum atomic E-state index is 10.9. The summed E-state index contributed by atoms with van der Waals surface area (Å²) < 4.78 is 10.9. The lowest BCUT2D eigenvalue weighted by Gasteiger charge is -2.08. The number of aromatic carboxylic acids is 2. The van der Waals surface area contributed by atoms with E-state index in [-0.39, 0.29) is 22.6 Å². The van der Waals surface area contributed by atoms with Crippen molar-refractivity contribution in [2.24, 2.45) is 0 Å². The zero-order valence-corrected chi connectivity index (χ0v) is 17.3. The summed E-state index contributed by atoms with van der Waals surface area (Å²) in [5.41, 5.74) is 0.256. The van der Waals surface area contributed by atoms with E-state index in [1.807, 2.05) is 18.2 Å². The van der Waals surface area contributed by atoms with Crippen LogP contribution in [-0.4, -0.2) is 27.3 Å². The molecule has 0 aliphatic rings. The number of hydrogen-bond donors (Lipinski definition) is 3. The molecule has 0 aliphatic heterocycles. The molecule has 0 radical (unpaired) electrons. The fraction of sp³-hybridized carbons (Fsp3) is 0. The zero-order chi connectivity index (χ0) is 23.6. The Morgan fingerprint density at radius 3 is 1.36 bits per heavy atom. The Balaban J connectivity index is 0.000000186. The third-order valence-corrected chi connectivity index (χ3v) is 4.27. The Bertz CT molecular complexity index is 1220. The molecule has 0 aromatic heterocycles. The molecule has 0 unspecified atom stereocenters. The summed E-state index contributed by atoms with van der Waals surface area (Å²) >= 11 is 0. The quantitative estimate of drug-likeness (QED) is 0.331. The molecule has 4 rings (SSSR count). The van der Waals surface area contributed by atoms with Crippen LogP contribution in [-0.2, 0) is 0 Å². The van der Waals surface area contributed by atoms with Gasteiger partial charge in [0.1, 0.15) is 39.9 Å². The van der Waals surface area contributed by atoms with Crippen molar-refractivity contribution in [3.05, 3.63) is 114 Å². The van der Waals surface area contributed by atoms with Crippen LogP contribution in [0.15, 0.2) is 103 Å². The number of phenols is 1. The molecule has 7 nitrogen and oxygen atoms in total. The van der Waals surface area contributed by atoms with Gasteiger partial charge in [-0.25, -0.2) is 9.59 Å². The number of rotatable bonds is 6. The molecule has 3 N–H and O–H groups in total.